The molecule has 1 aromatic carbocycles. The number of halogens is 1. The normalized spacial score (nSPS) is 18.3. The molecule has 0 unspecified atom stereocenters. The van der Waals surface area contributed by atoms with Crippen molar-refractivity contribution in [3.05, 3.63) is 29.1 Å². The third-order valence-electron chi connectivity index (χ3n) is 3.15. The summed E-state index contributed by atoms with van der Waals surface area (Å²) in [6.45, 7) is 3.49. The average molecular weight is 267 g/mol. The van der Waals surface area contributed by atoms with E-state index in [2.05, 4.69) is 0 Å². The van der Waals surface area contributed by atoms with Crippen molar-refractivity contribution >= 4 is 11.9 Å². The zero-order valence-electron chi connectivity index (χ0n) is 10.6. The Morgan fingerprint density at radius 3 is 2.74 bits per heavy atom. The summed E-state index contributed by atoms with van der Waals surface area (Å²) in [5, 5.41) is 8.89. The summed E-state index contributed by atoms with van der Waals surface area (Å²) in [6, 6.07) is 2.04. The highest BCUT2D eigenvalue weighted by molar-refractivity contribution is 5.88. The molecule has 0 saturated heterocycles. The van der Waals surface area contributed by atoms with Crippen molar-refractivity contribution in [3.8, 4) is 5.75 Å². The summed E-state index contributed by atoms with van der Waals surface area (Å²) in [5.41, 5.74) is 0.0460. The third kappa shape index (κ3) is 2.52. The van der Waals surface area contributed by atoms with Crippen LogP contribution in [0.2, 0.25) is 0 Å². The monoisotopic (exact) mass is 267 g/mol. The highest BCUT2D eigenvalue weighted by atomic mass is 19.1. The van der Waals surface area contributed by atoms with Gasteiger partial charge in [0.2, 0.25) is 5.91 Å². The maximum absolute atomic E-state index is 14.0. The molecule has 0 aromatic heterocycles. The SMILES string of the molecule is CC(=O)N1Cc2c(F)cc(C(=O)O)cc2OC[C@@H]1C. The topological polar surface area (TPSA) is 66.8 Å². The Morgan fingerprint density at radius 2 is 2.16 bits per heavy atom. The number of carbonyl (C=O) groups excluding carboxylic acids is 1. The van der Waals surface area contributed by atoms with Gasteiger partial charge < -0.3 is 14.7 Å². The van der Waals surface area contributed by atoms with Crippen molar-refractivity contribution in [2.24, 2.45) is 0 Å². The van der Waals surface area contributed by atoms with Gasteiger partial charge in [-0.05, 0) is 19.1 Å². The lowest BCUT2D eigenvalue weighted by Crippen LogP contribution is -2.38. The fourth-order valence-electron chi connectivity index (χ4n) is 2.07. The van der Waals surface area contributed by atoms with Gasteiger partial charge in [-0.1, -0.05) is 0 Å². The number of carboxylic acid groups (broad SMARTS) is 1. The first kappa shape index (κ1) is 13.3. The van der Waals surface area contributed by atoms with Crippen LogP contribution in [0.25, 0.3) is 0 Å². The van der Waals surface area contributed by atoms with E-state index in [0.29, 0.717) is 0 Å². The number of ether oxygens (including phenoxy) is 1. The number of amides is 1. The smallest absolute Gasteiger partial charge is 0.335 e. The fourth-order valence-corrected chi connectivity index (χ4v) is 2.07. The van der Waals surface area contributed by atoms with Crippen molar-refractivity contribution in [3.63, 3.8) is 0 Å². The van der Waals surface area contributed by atoms with Crippen LogP contribution in [0.15, 0.2) is 12.1 Å². The van der Waals surface area contributed by atoms with E-state index in [1.165, 1.54) is 17.9 Å². The minimum atomic E-state index is -1.22. The third-order valence-corrected chi connectivity index (χ3v) is 3.15. The predicted molar refractivity (Wildman–Crippen MR) is 64.5 cm³/mol. The van der Waals surface area contributed by atoms with Crippen LogP contribution in [-0.4, -0.2) is 34.5 Å². The molecule has 1 heterocycles. The van der Waals surface area contributed by atoms with Crippen molar-refractivity contribution < 1.29 is 23.8 Å². The van der Waals surface area contributed by atoms with Gasteiger partial charge in [0, 0.05) is 12.5 Å². The first-order valence-electron chi connectivity index (χ1n) is 5.86. The van der Waals surface area contributed by atoms with E-state index in [1.54, 1.807) is 6.92 Å². The van der Waals surface area contributed by atoms with Gasteiger partial charge in [-0.25, -0.2) is 9.18 Å². The van der Waals surface area contributed by atoms with Gasteiger partial charge in [-0.3, -0.25) is 4.79 Å². The second-order valence-electron chi connectivity index (χ2n) is 4.55. The van der Waals surface area contributed by atoms with Crippen LogP contribution < -0.4 is 4.74 Å². The van der Waals surface area contributed by atoms with Crippen molar-refractivity contribution in [2.45, 2.75) is 26.4 Å². The average Bonchev–Trinajstić information content (AvgIpc) is 2.49. The van der Waals surface area contributed by atoms with E-state index >= 15 is 0 Å². The van der Waals surface area contributed by atoms with Crippen molar-refractivity contribution in [1.82, 2.24) is 4.90 Å². The lowest BCUT2D eigenvalue weighted by molar-refractivity contribution is -0.131. The highest BCUT2D eigenvalue weighted by Gasteiger charge is 2.26. The maximum Gasteiger partial charge on any atom is 0.335 e. The summed E-state index contributed by atoms with van der Waals surface area (Å²) < 4.78 is 19.4. The van der Waals surface area contributed by atoms with Crippen molar-refractivity contribution in [1.29, 1.82) is 0 Å². The van der Waals surface area contributed by atoms with Gasteiger partial charge in [-0.2, -0.15) is 0 Å². The Morgan fingerprint density at radius 1 is 1.47 bits per heavy atom. The van der Waals surface area contributed by atoms with E-state index in [-0.39, 0.29) is 42.0 Å². The quantitative estimate of drug-likeness (QED) is 0.840. The van der Waals surface area contributed by atoms with Crippen LogP contribution >= 0.6 is 0 Å². The van der Waals surface area contributed by atoms with Gasteiger partial charge in [0.15, 0.2) is 0 Å². The minimum absolute atomic E-state index is 0.0809. The summed E-state index contributed by atoms with van der Waals surface area (Å²) in [7, 11) is 0. The van der Waals surface area contributed by atoms with Gasteiger partial charge in [0.25, 0.3) is 0 Å². The molecule has 1 aliphatic heterocycles. The first-order valence-corrected chi connectivity index (χ1v) is 5.86. The summed E-state index contributed by atoms with van der Waals surface area (Å²) in [6.07, 6.45) is 0. The molecular formula is C13H14FNO4. The number of aromatic carboxylic acids is 1. The molecule has 2 rings (SSSR count). The van der Waals surface area contributed by atoms with Crippen LogP contribution in [0.1, 0.15) is 29.8 Å². The lowest BCUT2D eigenvalue weighted by atomic mass is 10.1. The van der Waals surface area contributed by atoms with Crippen LogP contribution in [-0.2, 0) is 11.3 Å². The number of hydrogen-bond acceptors (Lipinski definition) is 3. The Balaban J connectivity index is 2.46. The molecule has 1 N–H and O–H groups in total. The first-order chi connectivity index (χ1) is 8.90. The van der Waals surface area contributed by atoms with E-state index in [4.69, 9.17) is 9.84 Å². The number of nitrogens with zero attached hydrogens (tertiary/aromatic N) is 1. The van der Waals surface area contributed by atoms with Crippen LogP contribution in [0, 0.1) is 5.82 Å². The number of benzene rings is 1. The molecule has 1 amide bonds. The number of carbonyl (C=O) groups is 2. The molecule has 1 aliphatic rings. The predicted octanol–water partition coefficient (Wildman–Crippen LogP) is 1.65. The standard InChI is InChI=1S/C13H14FNO4/c1-7-6-19-12-4-9(13(17)18)3-11(14)10(12)5-15(7)8(2)16/h3-4,7H,5-6H2,1-2H3,(H,17,18)/t7-/m0/s1. The molecule has 0 saturated carbocycles. The molecule has 1 atom stereocenters. The molecule has 0 aliphatic carbocycles. The van der Waals surface area contributed by atoms with Gasteiger partial charge >= 0.3 is 5.97 Å². The molecule has 0 radical (unpaired) electrons. The number of fused-ring (bicyclic) bond motifs is 1. The van der Waals surface area contributed by atoms with Crippen molar-refractivity contribution in [2.75, 3.05) is 6.61 Å². The van der Waals surface area contributed by atoms with Crippen LogP contribution in [0.3, 0.4) is 0 Å². The molecule has 0 fully saturated rings. The zero-order valence-corrected chi connectivity index (χ0v) is 10.6. The maximum atomic E-state index is 14.0. The Bertz CT molecular complexity index is 544. The molecule has 19 heavy (non-hydrogen) atoms. The van der Waals surface area contributed by atoms with Crippen LogP contribution in [0.5, 0.6) is 5.75 Å². The van der Waals surface area contributed by atoms with E-state index in [0.717, 1.165) is 6.07 Å². The molecule has 6 heteroatoms. The highest BCUT2D eigenvalue weighted by Crippen LogP contribution is 2.29. The van der Waals surface area contributed by atoms with Gasteiger partial charge in [0.1, 0.15) is 18.2 Å². The molecule has 102 valence electrons. The Kier molecular flexibility index (Phi) is 3.42. The van der Waals surface area contributed by atoms with Crippen LogP contribution in [0.4, 0.5) is 4.39 Å². The Labute approximate surface area is 109 Å². The lowest BCUT2D eigenvalue weighted by Gasteiger charge is -2.24. The minimum Gasteiger partial charge on any atom is -0.491 e. The Hall–Kier alpha value is -2.11. The summed E-state index contributed by atoms with van der Waals surface area (Å²) >= 11 is 0. The van der Waals surface area contributed by atoms with Gasteiger partial charge in [-0.15, -0.1) is 0 Å². The second kappa shape index (κ2) is 4.87. The molecule has 1 aromatic rings. The number of hydrogen-bond donors (Lipinski definition) is 1. The largest absolute Gasteiger partial charge is 0.491 e. The fraction of sp³-hybridized carbons (Fsp3) is 0.385. The summed E-state index contributed by atoms with van der Waals surface area (Å²) in [4.78, 5) is 23.9. The molecule has 0 bridgehead atoms. The van der Waals surface area contributed by atoms with E-state index < -0.39 is 11.8 Å². The number of rotatable bonds is 1. The number of carboxylic acids is 1. The molecule has 5 nitrogen and oxygen atoms in total. The molecular weight excluding hydrogens is 253 g/mol. The zero-order chi connectivity index (χ0) is 14.2. The second-order valence-corrected chi connectivity index (χ2v) is 4.55. The van der Waals surface area contributed by atoms with E-state index in [1.807, 2.05) is 0 Å². The summed E-state index contributed by atoms with van der Waals surface area (Å²) in [5.74, 6) is -1.88. The van der Waals surface area contributed by atoms with Gasteiger partial charge in [0.05, 0.1) is 18.2 Å². The molecule has 0 spiro atoms. The van der Waals surface area contributed by atoms with E-state index in [9.17, 15) is 14.0 Å².